The first-order valence-corrected chi connectivity index (χ1v) is 8.93. The zero-order valence-electron chi connectivity index (χ0n) is 13.9. The second kappa shape index (κ2) is 8.86. The van der Waals surface area contributed by atoms with Gasteiger partial charge in [-0.05, 0) is 33.6 Å². The number of hydrogen-bond donors (Lipinski definition) is 2. The molecule has 1 fully saturated rings. The van der Waals surface area contributed by atoms with E-state index in [0.717, 1.165) is 19.5 Å². The molecule has 0 aromatic heterocycles. The summed E-state index contributed by atoms with van der Waals surface area (Å²) >= 11 is 2.06. The Labute approximate surface area is 133 Å². The molecule has 3 N–H and O–H groups in total. The van der Waals surface area contributed by atoms with Gasteiger partial charge in [-0.25, -0.2) is 4.79 Å². The number of amides is 1. The molecule has 1 rings (SSSR count). The van der Waals surface area contributed by atoms with Crippen molar-refractivity contribution in [3.05, 3.63) is 0 Å². The van der Waals surface area contributed by atoms with Crippen molar-refractivity contribution in [1.82, 2.24) is 10.2 Å². The van der Waals surface area contributed by atoms with Crippen LogP contribution in [0.5, 0.6) is 0 Å². The van der Waals surface area contributed by atoms with Crippen molar-refractivity contribution in [3.63, 3.8) is 0 Å². The quantitative estimate of drug-likeness (QED) is 0.785. The van der Waals surface area contributed by atoms with E-state index in [4.69, 9.17) is 10.5 Å². The lowest BCUT2D eigenvalue weighted by Crippen LogP contribution is -2.48. The molecular weight excluding hydrogens is 286 g/mol. The van der Waals surface area contributed by atoms with E-state index < -0.39 is 5.60 Å². The van der Waals surface area contributed by atoms with Crippen molar-refractivity contribution in [2.75, 3.05) is 31.9 Å². The fourth-order valence-corrected chi connectivity index (χ4v) is 3.63. The van der Waals surface area contributed by atoms with Crippen LogP contribution >= 0.6 is 11.8 Å². The second-order valence-corrected chi connectivity index (χ2v) is 7.91. The van der Waals surface area contributed by atoms with Gasteiger partial charge in [0.25, 0.3) is 0 Å². The molecule has 0 saturated carbocycles. The Hall–Kier alpha value is -0.460. The molecule has 0 aromatic carbocycles. The van der Waals surface area contributed by atoms with Crippen LogP contribution in [0.4, 0.5) is 4.79 Å². The third kappa shape index (κ3) is 7.38. The van der Waals surface area contributed by atoms with E-state index in [1.54, 1.807) is 0 Å². The number of hydrogen-bond acceptors (Lipinski definition) is 5. The summed E-state index contributed by atoms with van der Waals surface area (Å²) in [6.07, 6.45) is 1.73. The summed E-state index contributed by atoms with van der Waals surface area (Å²) < 4.78 is 5.23. The minimum atomic E-state index is -0.449. The fraction of sp³-hybridized carbons (Fsp3) is 0.933. The third-order valence-corrected chi connectivity index (χ3v) is 4.93. The minimum absolute atomic E-state index is 0.342. The normalized spacial score (nSPS) is 21.9. The van der Waals surface area contributed by atoms with E-state index in [2.05, 4.69) is 28.9 Å². The van der Waals surface area contributed by atoms with Gasteiger partial charge in [-0.3, -0.25) is 4.90 Å². The highest BCUT2D eigenvalue weighted by atomic mass is 32.2. The summed E-state index contributed by atoms with van der Waals surface area (Å²) in [6.45, 7) is 11.3. The van der Waals surface area contributed by atoms with Crippen molar-refractivity contribution in [2.45, 2.75) is 57.4 Å². The maximum Gasteiger partial charge on any atom is 0.407 e. The van der Waals surface area contributed by atoms with Gasteiger partial charge in [0, 0.05) is 43.2 Å². The van der Waals surface area contributed by atoms with Crippen molar-refractivity contribution in [1.29, 1.82) is 0 Å². The van der Waals surface area contributed by atoms with Crippen molar-refractivity contribution >= 4 is 17.9 Å². The van der Waals surface area contributed by atoms with E-state index in [-0.39, 0.29) is 6.09 Å². The van der Waals surface area contributed by atoms with E-state index in [1.165, 1.54) is 12.2 Å². The van der Waals surface area contributed by atoms with Gasteiger partial charge < -0.3 is 15.8 Å². The van der Waals surface area contributed by atoms with Crippen LogP contribution in [-0.4, -0.2) is 59.8 Å². The SMILES string of the molecule is CCC1CN(C(CN)CCNC(=O)OC(C)(C)C)CCS1. The predicted octanol–water partition coefficient (Wildman–Crippen LogP) is 2.06. The van der Waals surface area contributed by atoms with Gasteiger partial charge in [0.1, 0.15) is 5.60 Å². The first-order chi connectivity index (χ1) is 9.85. The smallest absolute Gasteiger partial charge is 0.407 e. The molecule has 21 heavy (non-hydrogen) atoms. The summed E-state index contributed by atoms with van der Waals surface area (Å²) in [5.41, 5.74) is 5.47. The van der Waals surface area contributed by atoms with Gasteiger partial charge in [-0.1, -0.05) is 6.92 Å². The van der Waals surface area contributed by atoms with Crippen molar-refractivity contribution in [2.24, 2.45) is 5.73 Å². The summed E-state index contributed by atoms with van der Waals surface area (Å²) in [4.78, 5) is 14.1. The molecule has 1 aliphatic rings. The number of carbonyl (C=O) groups excluding carboxylic acids is 1. The Balaban J connectivity index is 2.32. The summed E-state index contributed by atoms with van der Waals surface area (Å²) in [7, 11) is 0. The van der Waals surface area contributed by atoms with E-state index in [9.17, 15) is 4.79 Å². The summed E-state index contributed by atoms with van der Waals surface area (Å²) in [5.74, 6) is 1.18. The lowest BCUT2D eigenvalue weighted by molar-refractivity contribution is 0.0522. The number of ether oxygens (including phenoxy) is 1. The molecular formula is C15H31N3O2S. The fourth-order valence-electron chi connectivity index (χ4n) is 2.43. The molecule has 6 heteroatoms. The molecule has 0 bridgehead atoms. The topological polar surface area (TPSA) is 67.6 Å². The van der Waals surface area contributed by atoms with Gasteiger partial charge in [0.2, 0.25) is 0 Å². The largest absolute Gasteiger partial charge is 0.444 e. The number of nitrogens with two attached hydrogens (primary N) is 1. The van der Waals surface area contributed by atoms with Crippen LogP contribution in [0.1, 0.15) is 40.5 Å². The molecule has 0 aliphatic carbocycles. The lowest BCUT2D eigenvalue weighted by atomic mass is 10.1. The molecule has 1 amide bonds. The van der Waals surface area contributed by atoms with Gasteiger partial charge in [-0.15, -0.1) is 0 Å². The molecule has 2 unspecified atom stereocenters. The number of nitrogens with one attached hydrogen (secondary N) is 1. The molecule has 5 nitrogen and oxygen atoms in total. The molecule has 0 spiro atoms. The van der Waals surface area contributed by atoms with Gasteiger partial charge in [-0.2, -0.15) is 11.8 Å². The standard InChI is InChI=1S/C15H31N3O2S/c1-5-13-11-18(8-9-21-13)12(10-16)6-7-17-14(19)20-15(2,3)4/h12-13H,5-11,16H2,1-4H3,(H,17,19). The van der Waals surface area contributed by atoms with Gasteiger partial charge in [0.15, 0.2) is 0 Å². The molecule has 0 aromatic rings. The molecule has 1 saturated heterocycles. The first-order valence-electron chi connectivity index (χ1n) is 7.88. The predicted molar refractivity (Wildman–Crippen MR) is 89.8 cm³/mol. The summed E-state index contributed by atoms with van der Waals surface area (Å²) in [6, 6.07) is 0.342. The lowest BCUT2D eigenvalue weighted by Gasteiger charge is -2.37. The Morgan fingerprint density at radius 1 is 1.52 bits per heavy atom. The van der Waals surface area contributed by atoms with Crippen LogP contribution < -0.4 is 11.1 Å². The van der Waals surface area contributed by atoms with Crippen LogP contribution in [0.3, 0.4) is 0 Å². The molecule has 1 heterocycles. The average Bonchev–Trinajstić information content (AvgIpc) is 2.41. The van der Waals surface area contributed by atoms with E-state index in [1.807, 2.05) is 20.8 Å². The zero-order chi connectivity index (χ0) is 15.9. The third-order valence-electron chi connectivity index (χ3n) is 3.56. The highest BCUT2D eigenvalue weighted by Crippen LogP contribution is 2.23. The van der Waals surface area contributed by atoms with Crippen LogP contribution in [-0.2, 0) is 4.74 Å². The monoisotopic (exact) mass is 317 g/mol. The number of alkyl carbamates (subject to hydrolysis) is 1. The number of nitrogens with zero attached hydrogens (tertiary/aromatic N) is 1. The van der Waals surface area contributed by atoms with E-state index >= 15 is 0 Å². The Morgan fingerprint density at radius 2 is 2.24 bits per heavy atom. The second-order valence-electron chi connectivity index (χ2n) is 6.50. The molecule has 2 atom stereocenters. The summed E-state index contributed by atoms with van der Waals surface area (Å²) in [5, 5.41) is 3.53. The van der Waals surface area contributed by atoms with Crippen molar-refractivity contribution in [3.8, 4) is 0 Å². The Morgan fingerprint density at radius 3 is 2.81 bits per heavy atom. The maximum absolute atomic E-state index is 11.6. The Kier molecular flexibility index (Phi) is 7.84. The molecule has 124 valence electrons. The highest BCUT2D eigenvalue weighted by molar-refractivity contribution is 8.00. The van der Waals surface area contributed by atoms with Crippen LogP contribution in [0.2, 0.25) is 0 Å². The number of carbonyl (C=O) groups is 1. The van der Waals surface area contributed by atoms with Crippen LogP contribution in [0.15, 0.2) is 0 Å². The maximum atomic E-state index is 11.6. The van der Waals surface area contributed by atoms with Gasteiger partial charge in [0.05, 0.1) is 0 Å². The van der Waals surface area contributed by atoms with Gasteiger partial charge >= 0.3 is 6.09 Å². The molecule has 1 aliphatic heterocycles. The van der Waals surface area contributed by atoms with Crippen LogP contribution in [0, 0.1) is 0 Å². The van der Waals surface area contributed by atoms with E-state index in [0.29, 0.717) is 24.4 Å². The van der Waals surface area contributed by atoms with Crippen LogP contribution in [0.25, 0.3) is 0 Å². The average molecular weight is 317 g/mol. The number of rotatable bonds is 6. The Bertz CT molecular complexity index is 321. The minimum Gasteiger partial charge on any atom is -0.444 e. The first kappa shape index (κ1) is 18.6. The van der Waals surface area contributed by atoms with Crippen molar-refractivity contribution < 1.29 is 9.53 Å². The highest BCUT2D eigenvalue weighted by Gasteiger charge is 2.24. The molecule has 0 radical (unpaired) electrons. The number of thioether (sulfide) groups is 1. The zero-order valence-corrected chi connectivity index (χ0v) is 14.7.